The minimum Gasteiger partial charge on any atom is -0.324 e. The SMILES string of the molecule is C[C@@H](N)c1ccc(Sc2ncnc3ccccc23)nc1. The molecule has 1 aromatic carbocycles. The molecule has 2 aromatic heterocycles. The van der Waals surface area contributed by atoms with E-state index in [0.717, 1.165) is 26.5 Å². The molecule has 100 valence electrons. The van der Waals surface area contributed by atoms with Crippen LogP contribution >= 0.6 is 11.8 Å². The number of para-hydroxylation sites is 1. The molecule has 2 N–H and O–H groups in total. The van der Waals surface area contributed by atoms with Crippen LogP contribution in [0.1, 0.15) is 18.5 Å². The average molecular weight is 282 g/mol. The summed E-state index contributed by atoms with van der Waals surface area (Å²) in [5, 5.41) is 2.85. The van der Waals surface area contributed by atoms with Crippen LogP contribution in [0.5, 0.6) is 0 Å². The summed E-state index contributed by atoms with van der Waals surface area (Å²) in [6, 6.07) is 11.9. The third-order valence-corrected chi connectivity index (χ3v) is 3.96. The molecule has 0 unspecified atom stereocenters. The van der Waals surface area contributed by atoms with Gasteiger partial charge in [0.2, 0.25) is 0 Å². The number of aromatic nitrogens is 3. The third-order valence-electron chi connectivity index (χ3n) is 2.99. The lowest BCUT2D eigenvalue weighted by Gasteiger charge is -2.06. The lowest BCUT2D eigenvalue weighted by atomic mass is 10.2. The van der Waals surface area contributed by atoms with Gasteiger partial charge < -0.3 is 5.73 Å². The van der Waals surface area contributed by atoms with Crippen molar-refractivity contribution in [2.45, 2.75) is 23.0 Å². The van der Waals surface area contributed by atoms with Crippen LogP contribution in [0.15, 0.2) is 59.0 Å². The summed E-state index contributed by atoms with van der Waals surface area (Å²) in [6.45, 7) is 1.95. The monoisotopic (exact) mass is 282 g/mol. The van der Waals surface area contributed by atoms with Gasteiger partial charge >= 0.3 is 0 Å². The summed E-state index contributed by atoms with van der Waals surface area (Å²) in [4.78, 5) is 13.0. The molecule has 2 heterocycles. The second-order valence-electron chi connectivity index (χ2n) is 4.52. The first-order valence-corrected chi connectivity index (χ1v) is 7.15. The predicted molar refractivity (Wildman–Crippen MR) is 80.5 cm³/mol. The number of hydrogen-bond donors (Lipinski definition) is 1. The van der Waals surface area contributed by atoms with Crippen molar-refractivity contribution < 1.29 is 0 Å². The molecular weight excluding hydrogens is 268 g/mol. The lowest BCUT2D eigenvalue weighted by molar-refractivity contribution is 0.806. The van der Waals surface area contributed by atoms with Gasteiger partial charge in [-0.25, -0.2) is 15.0 Å². The molecule has 3 rings (SSSR count). The Kier molecular flexibility index (Phi) is 3.62. The molecule has 0 aliphatic carbocycles. The molecule has 1 atom stereocenters. The molecule has 20 heavy (non-hydrogen) atoms. The smallest absolute Gasteiger partial charge is 0.117 e. The molecule has 0 spiro atoms. The highest BCUT2D eigenvalue weighted by molar-refractivity contribution is 7.99. The van der Waals surface area contributed by atoms with Gasteiger partial charge in [-0.3, -0.25) is 0 Å². The maximum absolute atomic E-state index is 5.82. The van der Waals surface area contributed by atoms with Crippen LogP contribution in [0, 0.1) is 0 Å². The van der Waals surface area contributed by atoms with Crippen molar-refractivity contribution in [3.63, 3.8) is 0 Å². The number of nitrogens with zero attached hydrogens (tertiary/aromatic N) is 3. The van der Waals surface area contributed by atoms with Gasteiger partial charge in [0, 0.05) is 17.6 Å². The molecule has 4 nitrogen and oxygen atoms in total. The Morgan fingerprint density at radius 1 is 1.05 bits per heavy atom. The fourth-order valence-corrected chi connectivity index (χ4v) is 2.70. The van der Waals surface area contributed by atoms with Crippen molar-refractivity contribution in [3.05, 3.63) is 54.5 Å². The first-order valence-electron chi connectivity index (χ1n) is 6.33. The van der Waals surface area contributed by atoms with Gasteiger partial charge in [-0.2, -0.15) is 0 Å². The Hall–Kier alpha value is -1.98. The van der Waals surface area contributed by atoms with Crippen molar-refractivity contribution in [2.24, 2.45) is 5.73 Å². The van der Waals surface area contributed by atoms with Crippen LogP contribution in [0.3, 0.4) is 0 Å². The summed E-state index contributed by atoms with van der Waals surface area (Å²) in [6.07, 6.45) is 3.40. The van der Waals surface area contributed by atoms with Crippen LogP contribution in [0.25, 0.3) is 10.9 Å². The van der Waals surface area contributed by atoms with Gasteiger partial charge in [-0.1, -0.05) is 24.3 Å². The largest absolute Gasteiger partial charge is 0.324 e. The lowest BCUT2D eigenvalue weighted by Crippen LogP contribution is -2.04. The molecule has 3 aromatic rings. The number of rotatable bonds is 3. The Morgan fingerprint density at radius 2 is 1.90 bits per heavy atom. The second-order valence-corrected chi connectivity index (χ2v) is 5.53. The van der Waals surface area contributed by atoms with Crippen LogP contribution in [-0.4, -0.2) is 15.0 Å². The molecule has 0 amide bonds. The fourth-order valence-electron chi connectivity index (χ4n) is 1.88. The maximum atomic E-state index is 5.82. The van der Waals surface area contributed by atoms with Gasteiger partial charge in [0.05, 0.1) is 5.52 Å². The zero-order valence-corrected chi connectivity index (χ0v) is 11.8. The molecule has 0 bridgehead atoms. The van der Waals surface area contributed by atoms with E-state index in [1.54, 1.807) is 6.33 Å². The highest BCUT2D eigenvalue weighted by Gasteiger charge is 2.07. The summed E-state index contributed by atoms with van der Waals surface area (Å²) in [5.41, 5.74) is 7.79. The van der Waals surface area contributed by atoms with Crippen molar-refractivity contribution in [2.75, 3.05) is 0 Å². The van der Waals surface area contributed by atoms with E-state index in [2.05, 4.69) is 15.0 Å². The highest BCUT2D eigenvalue weighted by Crippen LogP contribution is 2.29. The van der Waals surface area contributed by atoms with Gasteiger partial charge in [0.1, 0.15) is 16.4 Å². The van der Waals surface area contributed by atoms with Crippen molar-refractivity contribution in [1.29, 1.82) is 0 Å². The average Bonchev–Trinajstić information content (AvgIpc) is 2.48. The van der Waals surface area contributed by atoms with Gasteiger partial charge in [0.15, 0.2) is 0 Å². The Balaban J connectivity index is 1.93. The van der Waals surface area contributed by atoms with E-state index in [1.165, 1.54) is 11.8 Å². The molecule has 5 heteroatoms. The van der Waals surface area contributed by atoms with E-state index < -0.39 is 0 Å². The first kappa shape index (κ1) is 13.0. The summed E-state index contributed by atoms with van der Waals surface area (Å²) in [7, 11) is 0. The van der Waals surface area contributed by atoms with Gasteiger partial charge in [-0.05, 0) is 36.4 Å². The van der Waals surface area contributed by atoms with Crippen molar-refractivity contribution >= 4 is 22.7 Å². The summed E-state index contributed by atoms with van der Waals surface area (Å²) in [5.74, 6) is 0. The molecule has 0 saturated carbocycles. The summed E-state index contributed by atoms with van der Waals surface area (Å²) < 4.78 is 0. The quantitative estimate of drug-likeness (QED) is 0.747. The minimum absolute atomic E-state index is 0.00132. The molecule has 0 aliphatic rings. The topological polar surface area (TPSA) is 64.7 Å². The van der Waals surface area contributed by atoms with E-state index in [1.807, 2.05) is 49.5 Å². The standard InChI is InChI=1S/C15H14N4S/c1-10(16)11-6-7-14(17-8-11)20-15-12-4-2-3-5-13(12)18-9-19-15/h2-10H,16H2,1H3/t10-/m1/s1. The van der Waals surface area contributed by atoms with E-state index in [4.69, 9.17) is 5.73 Å². The van der Waals surface area contributed by atoms with Crippen LogP contribution in [0.2, 0.25) is 0 Å². The van der Waals surface area contributed by atoms with E-state index in [9.17, 15) is 0 Å². The van der Waals surface area contributed by atoms with Gasteiger partial charge in [0.25, 0.3) is 0 Å². The number of nitrogens with two attached hydrogens (primary N) is 1. The highest BCUT2D eigenvalue weighted by atomic mass is 32.2. The number of pyridine rings is 1. The zero-order valence-electron chi connectivity index (χ0n) is 11.0. The number of benzene rings is 1. The first-order chi connectivity index (χ1) is 9.74. The summed E-state index contributed by atoms with van der Waals surface area (Å²) >= 11 is 1.53. The van der Waals surface area contributed by atoms with Crippen LogP contribution < -0.4 is 5.73 Å². The Morgan fingerprint density at radius 3 is 2.65 bits per heavy atom. The number of fused-ring (bicyclic) bond motifs is 1. The fraction of sp³-hybridized carbons (Fsp3) is 0.133. The minimum atomic E-state index is 0.00132. The normalized spacial score (nSPS) is 12.5. The van der Waals surface area contributed by atoms with Crippen LogP contribution in [-0.2, 0) is 0 Å². The zero-order chi connectivity index (χ0) is 13.9. The van der Waals surface area contributed by atoms with Crippen LogP contribution in [0.4, 0.5) is 0 Å². The second kappa shape index (κ2) is 5.56. The van der Waals surface area contributed by atoms with Crippen molar-refractivity contribution in [1.82, 2.24) is 15.0 Å². The molecule has 0 radical (unpaired) electrons. The van der Waals surface area contributed by atoms with Crippen molar-refractivity contribution in [3.8, 4) is 0 Å². The van der Waals surface area contributed by atoms with E-state index in [-0.39, 0.29) is 6.04 Å². The molecular formula is C15H14N4S. The number of hydrogen-bond acceptors (Lipinski definition) is 5. The Bertz CT molecular complexity index is 720. The van der Waals surface area contributed by atoms with Gasteiger partial charge in [-0.15, -0.1) is 0 Å². The predicted octanol–water partition coefficient (Wildman–Crippen LogP) is 3.20. The third kappa shape index (κ3) is 2.64. The Labute approximate surface area is 121 Å². The molecule has 0 fully saturated rings. The van der Waals surface area contributed by atoms with E-state index in [0.29, 0.717) is 0 Å². The maximum Gasteiger partial charge on any atom is 0.117 e. The molecule has 0 aliphatic heterocycles. The molecule has 0 saturated heterocycles. The van der Waals surface area contributed by atoms with E-state index >= 15 is 0 Å².